The molecule has 6 nitrogen and oxygen atoms in total. The van der Waals surface area contributed by atoms with Gasteiger partial charge < -0.3 is 19.6 Å². The number of nitrogens with zero attached hydrogens (tertiary/aromatic N) is 2. The summed E-state index contributed by atoms with van der Waals surface area (Å²) < 4.78 is 5.93. The van der Waals surface area contributed by atoms with Crippen LogP contribution in [0.3, 0.4) is 0 Å². The van der Waals surface area contributed by atoms with Crippen LogP contribution in [0.25, 0.3) is 0 Å². The molecule has 2 aliphatic heterocycles. The van der Waals surface area contributed by atoms with Gasteiger partial charge in [-0.05, 0) is 32.1 Å². The molecule has 3 atom stereocenters. The summed E-state index contributed by atoms with van der Waals surface area (Å²) in [5.41, 5.74) is 0. The first-order valence-electron chi connectivity index (χ1n) is 7.82. The quantitative estimate of drug-likeness (QED) is 0.778. The van der Waals surface area contributed by atoms with Gasteiger partial charge in [0.15, 0.2) is 0 Å². The van der Waals surface area contributed by atoms with E-state index in [1.807, 2.05) is 4.90 Å². The Kier molecular flexibility index (Phi) is 3.92. The average Bonchev–Trinajstić information content (AvgIpc) is 2.85. The number of hydrogen-bond acceptors (Lipinski definition) is 4. The number of ether oxygens (including phenoxy) is 1. The summed E-state index contributed by atoms with van der Waals surface area (Å²) in [6.45, 7) is 0.712. The van der Waals surface area contributed by atoms with E-state index in [4.69, 9.17) is 4.74 Å². The molecule has 1 saturated carbocycles. The van der Waals surface area contributed by atoms with Gasteiger partial charge in [-0.2, -0.15) is 0 Å². The number of amides is 2. The summed E-state index contributed by atoms with van der Waals surface area (Å²) in [6.07, 6.45) is 2.82. The molecule has 0 spiro atoms. The summed E-state index contributed by atoms with van der Waals surface area (Å²) in [7, 11) is 3.48. The Morgan fingerprint density at radius 1 is 1.19 bits per heavy atom. The Morgan fingerprint density at radius 2 is 1.90 bits per heavy atom. The maximum absolute atomic E-state index is 12.4. The first-order chi connectivity index (χ1) is 9.97. The van der Waals surface area contributed by atoms with E-state index in [1.54, 1.807) is 19.0 Å². The second-order valence-electron chi connectivity index (χ2n) is 6.68. The highest BCUT2D eigenvalue weighted by Crippen LogP contribution is 2.36. The number of carbonyl (C=O) groups is 2. The van der Waals surface area contributed by atoms with Crippen molar-refractivity contribution in [3.05, 3.63) is 0 Å². The number of likely N-dealkylation sites (N-methyl/N-ethyl adjacent to an activating group) is 1. The molecule has 21 heavy (non-hydrogen) atoms. The van der Waals surface area contributed by atoms with Crippen LogP contribution >= 0.6 is 0 Å². The van der Waals surface area contributed by atoms with Crippen molar-refractivity contribution >= 4 is 11.8 Å². The lowest BCUT2D eigenvalue weighted by Gasteiger charge is -2.39. The van der Waals surface area contributed by atoms with Crippen LogP contribution in [0.5, 0.6) is 0 Å². The van der Waals surface area contributed by atoms with Crippen LogP contribution in [0.15, 0.2) is 0 Å². The highest BCUT2D eigenvalue weighted by Gasteiger charge is 2.46. The second-order valence-corrected chi connectivity index (χ2v) is 6.68. The van der Waals surface area contributed by atoms with Crippen molar-refractivity contribution in [2.24, 2.45) is 5.92 Å². The molecule has 2 saturated heterocycles. The maximum atomic E-state index is 12.4. The zero-order valence-corrected chi connectivity index (χ0v) is 12.7. The van der Waals surface area contributed by atoms with Gasteiger partial charge in [-0.15, -0.1) is 0 Å². The van der Waals surface area contributed by atoms with Crippen molar-refractivity contribution in [1.29, 1.82) is 0 Å². The number of fused-ring (bicyclic) bond motifs is 1. The third-order valence-corrected chi connectivity index (χ3v) is 5.01. The number of likely N-dealkylation sites (tertiary alicyclic amines) is 1. The van der Waals surface area contributed by atoms with Crippen molar-refractivity contribution in [2.45, 2.75) is 56.5 Å². The highest BCUT2D eigenvalue weighted by atomic mass is 16.5. The average molecular weight is 296 g/mol. The molecule has 3 fully saturated rings. The van der Waals surface area contributed by atoms with E-state index in [2.05, 4.69) is 0 Å². The summed E-state index contributed by atoms with van der Waals surface area (Å²) >= 11 is 0. The van der Waals surface area contributed by atoms with Crippen LogP contribution in [0.4, 0.5) is 0 Å². The summed E-state index contributed by atoms with van der Waals surface area (Å²) in [6, 6.07) is 0.112. The molecule has 0 aromatic rings. The molecule has 0 aromatic carbocycles. The molecule has 1 aliphatic carbocycles. The fourth-order valence-electron chi connectivity index (χ4n) is 3.69. The predicted octanol–water partition coefficient (Wildman–Crippen LogP) is -0.00600. The van der Waals surface area contributed by atoms with Crippen molar-refractivity contribution in [2.75, 3.05) is 20.6 Å². The monoisotopic (exact) mass is 296 g/mol. The topological polar surface area (TPSA) is 70.1 Å². The van der Waals surface area contributed by atoms with Crippen LogP contribution in [-0.4, -0.2) is 71.7 Å². The lowest BCUT2D eigenvalue weighted by atomic mass is 9.81. The zero-order chi connectivity index (χ0) is 15.1. The van der Waals surface area contributed by atoms with Gasteiger partial charge in [-0.25, -0.2) is 0 Å². The van der Waals surface area contributed by atoms with Crippen LogP contribution in [0, 0.1) is 5.92 Å². The number of carbonyl (C=O) groups excluding carboxylic acids is 2. The minimum absolute atomic E-state index is 0.0124. The zero-order valence-electron chi connectivity index (χ0n) is 12.7. The maximum Gasteiger partial charge on any atom is 0.251 e. The largest absolute Gasteiger partial charge is 0.393 e. The Bertz CT molecular complexity index is 433. The summed E-state index contributed by atoms with van der Waals surface area (Å²) in [4.78, 5) is 27.9. The third kappa shape index (κ3) is 2.66. The van der Waals surface area contributed by atoms with Gasteiger partial charge in [0.1, 0.15) is 6.10 Å². The molecule has 3 aliphatic rings. The molecular weight excluding hydrogens is 272 g/mol. The van der Waals surface area contributed by atoms with Crippen molar-refractivity contribution in [3.8, 4) is 0 Å². The molecule has 0 unspecified atom stereocenters. The van der Waals surface area contributed by atoms with Gasteiger partial charge >= 0.3 is 0 Å². The summed E-state index contributed by atoms with van der Waals surface area (Å²) in [5.74, 6) is 0.161. The molecule has 3 rings (SSSR count). The van der Waals surface area contributed by atoms with Gasteiger partial charge in [-0.1, -0.05) is 0 Å². The molecule has 2 heterocycles. The first kappa shape index (κ1) is 14.8. The highest BCUT2D eigenvalue weighted by molar-refractivity contribution is 5.81. The molecule has 6 heteroatoms. The lowest BCUT2D eigenvalue weighted by Crippen LogP contribution is -2.51. The van der Waals surface area contributed by atoms with Crippen molar-refractivity contribution in [1.82, 2.24) is 9.80 Å². The summed E-state index contributed by atoms with van der Waals surface area (Å²) in [5, 5.41) is 9.35. The van der Waals surface area contributed by atoms with Crippen LogP contribution < -0.4 is 0 Å². The number of rotatable bonds is 2. The standard InChI is InChI=1S/C15H24N2O4/c1-16(2)15(20)13-4-3-11-12(21-13)5-6-17(11)14(19)9-7-10(18)8-9/h9-13,18H,3-8H2,1-2H3/t9?,10?,11-,12-,13+/m1/s1. The van der Waals surface area contributed by atoms with Crippen LogP contribution in [0.1, 0.15) is 32.1 Å². The van der Waals surface area contributed by atoms with Gasteiger partial charge in [-0.3, -0.25) is 9.59 Å². The molecule has 0 aromatic heterocycles. The molecule has 2 amide bonds. The van der Waals surface area contributed by atoms with E-state index in [0.29, 0.717) is 25.8 Å². The predicted molar refractivity (Wildman–Crippen MR) is 75.4 cm³/mol. The van der Waals surface area contributed by atoms with Crippen LogP contribution in [-0.2, 0) is 14.3 Å². The number of aliphatic hydroxyl groups excluding tert-OH is 1. The third-order valence-electron chi connectivity index (χ3n) is 5.01. The van der Waals surface area contributed by atoms with Gasteiger partial charge in [0.2, 0.25) is 5.91 Å². The Hall–Kier alpha value is -1.14. The van der Waals surface area contributed by atoms with E-state index in [-0.39, 0.29) is 42.1 Å². The van der Waals surface area contributed by atoms with E-state index >= 15 is 0 Å². The number of hydrogen-bond donors (Lipinski definition) is 1. The van der Waals surface area contributed by atoms with Crippen LogP contribution in [0.2, 0.25) is 0 Å². The minimum atomic E-state index is -0.359. The second kappa shape index (κ2) is 5.57. The molecule has 0 radical (unpaired) electrons. The fraction of sp³-hybridized carbons (Fsp3) is 0.867. The Labute approximate surface area is 125 Å². The Morgan fingerprint density at radius 3 is 2.52 bits per heavy atom. The first-order valence-corrected chi connectivity index (χ1v) is 7.82. The lowest BCUT2D eigenvalue weighted by molar-refractivity contribution is -0.156. The van der Waals surface area contributed by atoms with Gasteiger partial charge in [0.05, 0.1) is 18.2 Å². The smallest absolute Gasteiger partial charge is 0.251 e. The normalized spacial score (nSPS) is 38.6. The number of aliphatic hydroxyl groups is 1. The fourth-order valence-corrected chi connectivity index (χ4v) is 3.69. The molecule has 1 N–H and O–H groups in total. The molecular formula is C15H24N2O4. The van der Waals surface area contributed by atoms with E-state index in [1.165, 1.54) is 0 Å². The van der Waals surface area contributed by atoms with E-state index in [0.717, 1.165) is 12.8 Å². The molecule has 118 valence electrons. The van der Waals surface area contributed by atoms with Crippen molar-refractivity contribution < 1.29 is 19.4 Å². The van der Waals surface area contributed by atoms with E-state index in [9.17, 15) is 14.7 Å². The Balaban J connectivity index is 1.59. The SMILES string of the molecule is CN(C)C(=O)[C@@H]1CC[C@@H]2[C@@H](CCN2C(=O)C2CC(O)C2)O1. The van der Waals surface area contributed by atoms with Gasteiger partial charge in [0, 0.05) is 26.6 Å². The van der Waals surface area contributed by atoms with Crippen molar-refractivity contribution in [3.63, 3.8) is 0 Å². The minimum Gasteiger partial charge on any atom is -0.393 e. The van der Waals surface area contributed by atoms with E-state index < -0.39 is 0 Å². The molecule has 0 bridgehead atoms. The van der Waals surface area contributed by atoms with Gasteiger partial charge in [0.25, 0.3) is 5.91 Å².